The summed E-state index contributed by atoms with van der Waals surface area (Å²) >= 11 is 5.88. The van der Waals surface area contributed by atoms with Crippen molar-refractivity contribution in [3.8, 4) is 0 Å². The van der Waals surface area contributed by atoms with E-state index in [2.05, 4.69) is 20.3 Å². The van der Waals surface area contributed by atoms with Gasteiger partial charge in [0, 0.05) is 19.6 Å². The van der Waals surface area contributed by atoms with Gasteiger partial charge in [-0.3, -0.25) is 0 Å². The number of hydrogen-bond donors (Lipinski definition) is 2. The SMILES string of the molecule is CCN(CC)c1nc(Cl)nc(NCCOCCO)n1. The molecule has 0 aliphatic carbocycles. The normalized spacial score (nSPS) is 10.5. The Morgan fingerprint density at radius 2 is 1.95 bits per heavy atom. The smallest absolute Gasteiger partial charge is 0.231 e. The molecule has 0 amide bonds. The van der Waals surface area contributed by atoms with E-state index in [4.69, 9.17) is 21.4 Å². The number of halogens is 1. The van der Waals surface area contributed by atoms with Crippen LogP contribution in [0.3, 0.4) is 0 Å². The lowest BCUT2D eigenvalue weighted by Gasteiger charge is -2.18. The van der Waals surface area contributed by atoms with Gasteiger partial charge in [-0.15, -0.1) is 0 Å². The lowest BCUT2D eigenvalue weighted by atomic mass is 10.5. The lowest BCUT2D eigenvalue weighted by Crippen LogP contribution is -2.25. The number of aliphatic hydroxyl groups is 1. The third-order valence-electron chi connectivity index (χ3n) is 2.41. The highest BCUT2D eigenvalue weighted by molar-refractivity contribution is 6.28. The molecule has 108 valence electrons. The van der Waals surface area contributed by atoms with Gasteiger partial charge in [-0.1, -0.05) is 0 Å². The van der Waals surface area contributed by atoms with Gasteiger partial charge in [0.15, 0.2) is 0 Å². The Labute approximate surface area is 118 Å². The first-order valence-corrected chi connectivity index (χ1v) is 6.68. The minimum atomic E-state index is 0.0176. The molecule has 0 atom stereocenters. The molecule has 0 saturated heterocycles. The van der Waals surface area contributed by atoms with Crippen molar-refractivity contribution in [3.63, 3.8) is 0 Å². The molecule has 0 spiro atoms. The number of rotatable bonds is 9. The fourth-order valence-corrected chi connectivity index (χ4v) is 1.62. The van der Waals surface area contributed by atoms with Gasteiger partial charge in [-0.25, -0.2) is 0 Å². The van der Waals surface area contributed by atoms with Crippen molar-refractivity contribution < 1.29 is 9.84 Å². The van der Waals surface area contributed by atoms with Crippen molar-refractivity contribution in [2.45, 2.75) is 13.8 Å². The van der Waals surface area contributed by atoms with Gasteiger partial charge in [0.1, 0.15) is 0 Å². The van der Waals surface area contributed by atoms with Gasteiger partial charge in [-0.05, 0) is 25.4 Å². The van der Waals surface area contributed by atoms with E-state index in [0.29, 0.717) is 31.7 Å². The zero-order valence-corrected chi connectivity index (χ0v) is 12.0. The topological polar surface area (TPSA) is 83.4 Å². The Morgan fingerprint density at radius 1 is 1.21 bits per heavy atom. The second-order valence-electron chi connectivity index (χ2n) is 3.66. The van der Waals surface area contributed by atoms with Gasteiger partial charge >= 0.3 is 0 Å². The summed E-state index contributed by atoms with van der Waals surface area (Å²) in [5.74, 6) is 0.985. The monoisotopic (exact) mass is 289 g/mol. The van der Waals surface area contributed by atoms with Crippen LogP contribution in [0.1, 0.15) is 13.8 Å². The van der Waals surface area contributed by atoms with E-state index in [9.17, 15) is 0 Å². The molecule has 1 aromatic heterocycles. The molecule has 8 heteroatoms. The number of nitrogens with one attached hydrogen (secondary N) is 1. The summed E-state index contributed by atoms with van der Waals surface area (Å²) in [4.78, 5) is 14.4. The molecule has 0 aliphatic heterocycles. The zero-order valence-electron chi connectivity index (χ0n) is 11.3. The number of nitrogens with zero attached hydrogens (tertiary/aromatic N) is 4. The van der Waals surface area contributed by atoms with E-state index in [0.717, 1.165) is 13.1 Å². The van der Waals surface area contributed by atoms with Crippen LogP contribution in [0.15, 0.2) is 0 Å². The molecular formula is C11H20ClN5O2. The summed E-state index contributed by atoms with van der Waals surface area (Å²) < 4.78 is 5.13. The minimum Gasteiger partial charge on any atom is -0.394 e. The Bertz CT molecular complexity index is 376. The highest BCUT2D eigenvalue weighted by Crippen LogP contribution is 2.13. The van der Waals surface area contributed by atoms with Crippen LogP contribution >= 0.6 is 11.6 Å². The van der Waals surface area contributed by atoms with E-state index < -0.39 is 0 Å². The molecule has 0 aliphatic rings. The first kappa shape index (κ1) is 15.9. The first-order chi connectivity index (χ1) is 9.21. The quantitative estimate of drug-likeness (QED) is 0.650. The highest BCUT2D eigenvalue weighted by atomic mass is 35.5. The largest absolute Gasteiger partial charge is 0.394 e. The molecule has 0 bridgehead atoms. The maximum atomic E-state index is 8.57. The van der Waals surface area contributed by atoms with E-state index in [-0.39, 0.29) is 11.9 Å². The van der Waals surface area contributed by atoms with E-state index in [1.165, 1.54) is 0 Å². The summed E-state index contributed by atoms with van der Waals surface area (Å²) in [6.07, 6.45) is 0. The standard InChI is InChI=1S/C11H20ClN5O2/c1-3-17(4-2)11-15-9(12)14-10(16-11)13-5-7-19-8-6-18/h18H,3-8H2,1-2H3,(H,13,14,15,16). The van der Waals surface area contributed by atoms with Crippen molar-refractivity contribution in [2.75, 3.05) is 49.7 Å². The number of aliphatic hydroxyl groups excluding tert-OH is 1. The number of anilines is 2. The second kappa shape index (κ2) is 8.84. The van der Waals surface area contributed by atoms with Gasteiger partial charge in [0.25, 0.3) is 0 Å². The van der Waals surface area contributed by atoms with Gasteiger partial charge < -0.3 is 20.1 Å². The van der Waals surface area contributed by atoms with Crippen LogP contribution in [-0.4, -0.2) is 59.5 Å². The maximum Gasteiger partial charge on any atom is 0.231 e. The summed E-state index contributed by atoms with van der Waals surface area (Å²) in [5, 5.41) is 11.7. The van der Waals surface area contributed by atoms with Crippen LogP contribution in [-0.2, 0) is 4.74 Å². The molecule has 0 unspecified atom stereocenters. The Balaban J connectivity index is 2.58. The van der Waals surface area contributed by atoms with E-state index >= 15 is 0 Å². The summed E-state index contributed by atoms with van der Waals surface area (Å²) in [6, 6.07) is 0. The Kier molecular flexibility index (Phi) is 7.39. The van der Waals surface area contributed by atoms with Crippen LogP contribution in [0.5, 0.6) is 0 Å². The maximum absolute atomic E-state index is 8.57. The molecule has 0 saturated carbocycles. The van der Waals surface area contributed by atoms with Crippen molar-refractivity contribution in [1.82, 2.24) is 15.0 Å². The first-order valence-electron chi connectivity index (χ1n) is 6.30. The predicted molar refractivity (Wildman–Crippen MR) is 74.8 cm³/mol. The van der Waals surface area contributed by atoms with Gasteiger partial charge in [0.05, 0.1) is 19.8 Å². The predicted octanol–water partition coefficient (Wildman–Crippen LogP) is 0.792. The average molecular weight is 290 g/mol. The minimum absolute atomic E-state index is 0.0176. The summed E-state index contributed by atoms with van der Waals surface area (Å²) in [5.41, 5.74) is 0. The molecule has 0 fully saturated rings. The Hall–Kier alpha value is -1.18. The van der Waals surface area contributed by atoms with Crippen molar-refractivity contribution in [3.05, 3.63) is 5.28 Å². The van der Waals surface area contributed by atoms with Crippen LogP contribution in [0, 0.1) is 0 Å². The zero-order chi connectivity index (χ0) is 14.1. The molecule has 1 aromatic rings. The number of ether oxygens (including phenoxy) is 1. The molecule has 2 N–H and O–H groups in total. The molecule has 0 radical (unpaired) electrons. The molecule has 1 heterocycles. The lowest BCUT2D eigenvalue weighted by molar-refractivity contribution is 0.0991. The molecule has 0 aromatic carbocycles. The molecule has 19 heavy (non-hydrogen) atoms. The number of aromatic nitrogens is 3. The Morgan fingerprint density at radius 3 is 2.58 bits per heavy atom. The summed E-state index contributed by atoms with van der Waals surface area (Å²) in [7, 11) is 0. The van der Waals surface area contributed by atoms with Crippen LogP contribution < -0.4 is 10.2 Å². The third-order valence-corrected chi connectivity index (χ3v) is 2.58. The molecule has 1 rings (SSSR count). The average Bonchev–Trinajstić information content (AvgIpc) is 2.39. The highest BCUT2D eigenvalue weighted by Gasteiger charge is 2.09. The summed E-state index contributed by atoms with van der Waals surface area (Å²) in [6.45, 7) is 7.00. The van der Waals surface area contributed by atoms with Crippen molar-refractivity contribution in [2.24, 2.45) is 0 Å². The second-order valence-corrected chi connectivity index (χ2v) is 4.00. The van der Waals surface area contributed by atoms with Gasteiger partial charge in [-0.2, -0.15) is 15.0 Å². The van der Waals surface area contributed by atoms with E-state index in [1.54, 1.807) is 0 Å². The van der Waals surface area contributed by atoms with Crippen molar-refractivity contribution in [1.29, 1.82) is 0 Å². The molecule has 7 nitrogen and oxygen atoms in total. The van der Waals surface area contributed by atoms with Crippen LogP contribution in [0.2, 0.25) is 5.28 Å². The van der Waals surface area contributed by atoms with Crippen LogP contribution in [0.25, 0.3) is 0 Å². The van der Waals surface area contributed by atoms with E-state index in [1.807, 2.05) is 18.7 Å². The third kappa shape index (κ3) is 5.54. The van der Waals surface area contributed by atoms with Gasteiger partial charge in [0.2, 0.25) is 17.2 Å². The molecular weight excluding hydrogens is 270 g/mol. The van der Waals surface area contributed by atoms with Crippen molar-refractivity contribution >= 4 is 23.5 Å². The fraction of sp³-hybridized carbons (Fsp3) is 0.727. The fourth-order valence-electron chi connectivity index (χ4n) is 1.47. The van der Waals surface area contributed by atoms with Crippen LogP contribution in [0.4, 0.5) is 11.9 Å². The number of hydrogen-bond acceptors (Lipinski definition) is 7.